The molecule has 1 N–H and O–H groups in total. The van der Waals surface area contributed by atoms with Gasteiger partial charge in [-0.1, -0.05) is 36.0 Å². The van der Waals surface area contributed by atoms with Gasteiger partial charge in [-0.05, 0) is 37.7 Å². The van der Waals surface area contributed by atoms with E-state index in [1.54, 1.807) is 36.4 Å². The predicted octanol–water partition coefficient (Wildman–Crippen LogP) is 2.56. The average Bonchev–Trinajstić information content (AvgIpc) is 2.66. The molecule has 1 heterocycles. The average molecular weight is 407 g/mol. The zero-order valence-electron chi connectivity index (χ0n) is 14.6. The molecule has 0 fully saturated rings. The number of sulfonamides is 1. The topological polar surface area (TPSA) is 81.1 Å². The van der Waals surface area contributed by atoms with Crippen molar-refractivity contribution in [2.24, 2.45) is 0 Å². The number of benzene rings is 2. The van der Waals surface area contributed by atoms with Crippen LogP contribution in [-0.2, 0) is 10.0 Å². The molecule has 0 atom stereocenters. The van der Waals surface area contributed by atoms with Gasteiger partial charge in [-0.2, -0.15) is 0 Å². The summed E-state index contributed by atoms with van der Waals surface area (Å²) in [6, 6.07) is 12.9. The molecule has 0 saturated heterocycles. The van der Waals surface area contributed by atoms with Crippen LogP contribution in [0.3, 0.4) is 0 Å². The van der Waals surface area contributed by atoms with Crippen molar-refractivity contribution in [1.29, 1.82) is 0 Å². The van der Waals surface area contributed by atoms with Gasteiger partial charge >= 0.3 is 0 Å². The maximum absolute atomic E-state index is 14.3. The standard InChI is InChI=1S/C18H18FN3O3S2/c1-20-27(24,25)12-6-11-26-18-21-15-9-4-2-7-13(15)17(23)22(18)16-10-5-3-8-14(16)19/h2-5,7-10,20H,6,11-12H2,1H3. The van der Waals surface area contributed by atoms with Gasteiger partial charge in [-0.3, -0.25) is 9.36 Å². The Kier molecular flexibility index (Phi) is 5.93. The molecule has 0 amide bonds. The SMILES string of the molecule is CNS(=O)(=O)CCCSc1nc2ccccc2c(=O)n1-c1ccccc1F. The van der Waals surface area contributed by atoms with E-state index in [1.165, 1.54) is 35.5 Å². The van der Waals surface area contributed by atoms with Crippen LogP contribution in [0.5, 0.6) is 0 Å². The Morgan fingerprint density at radius 2 is 1.85 bits per heavy atom. The van der Waals surface area contributed by atoms with Gasteiger partial charge in [0.15, 0.2) is 5.16 Å². The van der Waals surface area contributed by atoms with E-state index in [1.807, 2.05) is 0 Å². The molecule has 0 saturated carbocycles. The van der Waals surface area contributed by atoms with E-state index in [-0.39, 0.29) is 17.0 Å². The fraction of sp³-hybridized carbons (Fsp3) is 0.222. The van der Waals surface area contributed by atoms with Crippen LogP contribution >= 0.6 is 11.8 Å². The van der Waals surface area contributed by atoms with E-state index in [9.17, 15) is 17.6 Å². The van der Waals surface area contributed by atoms with Crippen LogP contribution in [0.1, 0.15) is 6.42 Å². The molecule has 6 nitrogen and oxygen atoms in total. The van der Waals surface area contributed by atoms with E-state index in [4.69, 9.17) is 0 Å². The van der Waals surface area contributed by atoms with Crippen molar-refractivity contribution in [3.63, 3.8) is 0 Å². The second-order valence-corrected chi connectivity index (χ2v) is 8.84. The highest BCUT2D eigenvalue weighted by molar-refractivity contribution is 7.99. The van der Waals surface area contributed by atoms with Crippen molar-refractivity contribution >= 4 is 32.7 Å². The first kappa shape index (κ1) is 19.5. The van der Waals surface area contributed by atoms with Crippen molar-refractivity contribution in [2.45, 2.75) is 11.6 Å². The molecule has 9 heteroatoms. The highest BCUT2D eigenvalue weighted by Gasteiger charge is 2.16. The van der Waals surface area contributed by atoms with E-state index in [0.29, 0.717) is 28.2 Å². The Bertz CT molecular complexity index is 1130. The van der Waals surface area contributed by atoms with Gasteiger partial charge in [-0.15, -0.1) is 0 Å². The molecule has 1 aromatic heterocycles. The van der Waals surface area contributed by atoms with E-state index < -0.39 is 15.8 Å². The quantitative estimate of drug-likeness (QED) is 0.370. The van der Waals surface area contributed by atoms with E-state index >= 15 is 0 Å². The van der Waals surface area contributed by atoms with Crippen LogP contribution in [0.4, 0.5) is 4.39 Å². The van der Waals surface area contributed by atoms with Crippen molar-refractivity contribution in [3.8, 4) is 5.69 Å². The molecule has 27 heavy (non-hydrogen) atoms. The lowest BCUT2D eigenvalue weighted by Crippen LogP contribution is -2.23. The third kappa shape index (κ3) is 4.37. The Morgan fingerprint density at radius 3 is 2.59 bits per heavy atom. The van der Waals surface area contributed by atoms with Gasteiger partial charge in [0.1, 0.15) is 5.82 Å². The molecule has 0 aliphatic heterocycles. The summed E-state index contributed by atoms with van der Waals surface area (Å²) in [5.41, 5.74) is 0.266. The highest BCUT2D eigenvalue weighted by Crippen LogP contribution is 2.23. The van der Waals surface area contributed by atoms with E-state index in [2.05, 4.69) is 9.71 Å². The zero-order chi connectivity index (χ0) is 19.4. The summed E-state index contributed by atoms with van der Waals surface area (Å²) in [6.45, 7) is 0. The molecular formula is C18H18FN3O3S2. The van der Waals surface area contributed by atoms with Gasteiger partial charge in [0, 0.05) is 5.75 Å². The van der Waals surface area contributed by atoms with Crippen molar-refractivity contribution in [2.75, 3.05) is 18.6 Å². The number of thioether (sulfide) groups is 1. The summed E-state index contributed by atoms with van der Waals surface area (Å²) < 4.78 is 40.9. The Hall–Kier alpha value is -2.23. The minimum atomic E-state index is -3.30. The molecule has 0 spiro atoms. The summed E-state index contributed by atoms with van der Waals surface area (Å²) >= 11 is 1.22. The lowest BCUT2D eigenvalue weighted by molar-refractivity contribution is 0.587. The second kappa shape index (κ2) is 8.20. The van der Waals surface area contributed by atoms with Crippen molar-refractivity contribution in [3.05, 3.63) is 64.7 Å². The lowest BCUT2D eigenvalue weighted by Gasteiger charge is -2.13. The van der Waals surface area contributed by atoms with Gasteiger partial charge < -0.3 is 0 Å². The Morgan fingerprint density at radius 1 is 1.15 bits per heavy atom. The van der Waals surface area contributed by atoms with Gasteiger partial charge in [0.25, 0.3) is 5.56 Å². The second-order valence-electron chi connectivity index (χ2n) is 5.73. The summed E-state index contributed by atoms with van der Waals surface area (Å²) in [5, 5.41) is 0.716. The fourth-order valence-electron chi connectivity index (χ4n) is 2.57. The van der Waals surface area contributed by atoms with Crippen LogP contribution < -0.4 is 10.3 Å². The zero-order valence-corrected chi connectivity index (χ0v) is 16.2. The molecule has 3 aromatic rings. The Labute approximate surface area is 160 Å². The molecule has 0 aliphatic rings. The fourth-order valence-corrected chi connectivity index (χ4v) is 4.42. The maximum Gasteiger partial charge on any atom is 0.266 e. The number of hydrogen-bond donors (Lipinski definition) is 1. The first-order chi connectivity index (χ1) is 12.9. The van der Waals surface area contributed by atoms with Gasteiger partial charge in [-0.25, -0.2) is 22.5 Å². The lowest BCUT2D eigenvalue weighted by atomic mass is 10.2. The molecule has 3 rings (SSSR count). The molecule has 0 bridgehead atoms. The first-order valence-electron chi connectivity index (χ1n) is 8.23. The summed E-state index contributed by atoms with van der Waals surface area (Å²) in [5.74, 6) is -0.148. The van der Waals surface area contributed by atoms with Crippen LogP contribution in [-0.4, -0.2) is 36.5 Å². The molecule has 142 valence electrons. The first-order valence-corrected chi connectivity index (χ1v) is 10.9. The number of rotatable bonds is 7. The summed E-state index contributed by atoms with van der Waals surface area (Å²) in [4.78, 5) is 17.5. The third-order valence-corrected chi connectivity index (χ3v) is 6.41. The van der Waals surface area contributed by atoms with Crippen LogP contribution in [0, 0.1) is 5.82 Å². The van der Waals surface area contributed by atoms with Crippen LogP contribution in [0.15, 0.2) is 58.5 Å². The largest absolute Gasteiger partial charge is 0.268 e. The van der Waals surface area contributed by atoms with Crippen LogP contribution in [0.25, 0.3) is 16.6 Å². The molecule has 2 aromatic carbocycles. The van der Waals surface area contributed by atoms with E-state index in [0.717, 1.165) is 0 Å². The monoisotopic (exact) mass is 407 g/mol. The minimum Gasteiger partial charge on any atom is -0.268 e. The normalized spacial score (nSPS) is 11.8. The Balaban J connectivity index is 2.01. The molecular weight excluding hydrogens is 389 g/mol. The van der Waals surface area contributed by atoms with Crippen molar-refractivity contribution < 1.29 is 12.8 Å². The number of para-hydroxylation sites is 2. The number of hydrogen-bond acceptors (Lipinski definition) is 5. The maximum atomic E-state index is 14.3. The summed E-state index contributed by atoms with van der Waals surface area (Å²) in [6.07, 6.45) is 0.369. The predicted molar refractivity (Wildman–Crippen MR) is 105 cm³/mol. The smallest absolute Gasteiger partial charge is 0.266 e. The molecule has 0 radical (unpaired) electrons. The number of fused-ring (bicyclic) bond motifs is 1. The number of halogens is 1. The third-order valence-electron chi connectivity index (χ3n) is 3.94. The number of aromatic nitrogens is 2. The summed E-state index contributed by atoms with van der Waals surface area (Å²) in [7, 11) is -1.93. The minimum absolute atomic E-state index is 0.0337. The van der Waals surface area contributed by atoms with Gasteiger partial charge in [0.2, 0.25) is 10.0 Å². The highest BCUT2D eigenvalue weighted by atomic mass is 32.2. The van der Waals surface area contributed by atoms with Crippen molar-refractivity contribution in [1.82, 2.24) is 14.3 Å². The van der Waals surface area contributed by atoms with Crippen LogP contribution in [0.2, 0.25) is 0 Å². The number of nitrogens with one attached hydrogen (secondary N) is 1. The molecule has 0 aliphatic carbocycles. The number of nitrogens with zero attached hydrogens (tertiary/aromatic N) is 2. The molecule has 0 unspecified atom stereocenters. The van der Waals surface area contributed by atoms with Gasteiger partial charge in [0.05, 0.1) is 22.3 Å².